The Morgan fingerprint density at radius 1 is 1.00 bits per heavy atom. The standard InChI is InChI=1S/C20H15NO6/c1-12(22)25-16-9-8-15(18(11-16)26-13(2)23)10-17-20(24)27-19(21-17)14-6-4-3-5-7-14/h3-11H,1-2H3. The van der Waals surface area contributed by atoms with Crippen molar-refractivity contribution < 1.29 is 28.6 Å². The minimum atomic E-state index is -0.619. The van der Waals surface area contributed by atoms with Crippen molar-refractivity contribution >= 4 is 29.9 Å². The summed E-state index contributed by atoms with van der Waals surface area (Å²) in [7, 11) is 0. The first kappa shape index (κ1) is 18.1. The van der Waals surface area contributed by atoms with Crippen LogP contribution in [-0.4, -0.2) is 23.8 Å². The Kier molecular flexibility index (Phi) is 5.12. The summed E-state index contributed by atoms with van der Waals surface area (Å²) in [6.07, 6.45) is 1.44. The van der Waals surface area contributed by atoms with Crippen LogP contribution in [0.15, 0.2) is 59.2 Å². The fourth-order valence-corrected chi connectivity index (χ4v) is 2.37. The van der Waals surface area contributed by atoms with Gasteiger partial charge in [0, 0.05) is 31.0 Å². The van der Waals surface area contributed by atoms with Gasteiger partial charge in [-0.05, 0) is 30.3 Å². The van der Waals surface area contributed by atoms with Gasteiger partial charge in [0.15, 0.2) is 5.70 Å². The van der Waals surface area contributed by atoms with Gasteiger partial charge in [-0.3, -0.25) is 9.59 Å². The topological polar surface area (TPSA) is 91.3 Å². The highest BCUT2D eigenvalue weighted by Gasteiger charge is 2.24. The molecule has 0 bridgehead atoms. The number of esters is 3. The summed E-state index contributed by atoms with van der Waals surface area (Å²) >= 11 is 0. The molecule has 3 rings (SSSR count). The first-order valence-electron chi connectivity index (χ1n) is 8.01. The van der Waals surface area contributed by atoms with Gasteiger partial charge in [-0.2, -0.15) is 0 Å². The molecule has 0 unspecified atom stereocenters. The fourth-order valence-electron chi connectivity index (χ4n) is 2.37. The average molecular weight is 365 g/mol. The van der Waals surface area contributed by atoms with Crippen molar-refractivity contribution in [3.05, 3.63) is 65.4 Å². The van der Waals surface area contributed by atoms with E-state index in [1.54, 1.807) is 30.3 Å². The van der Waals surface area contributed by atoms with E-state index in [1.165, 1.54) is 32.1 Å². The van der Waals surface area contributed by atoms with Gasteiger partial charge in [0.1, 0.15) is 11.5 Å². The van der Waals surface area contributed by atoms with Crippen molar-refractivity contribution in [1.82, 2.24) is 0 Å². The lowest BCUT2D eigenvalue weighted by molar-refractivity contribution is -0.132. The molecule has 0 saturated heterocycles. The number of hydrogen-bond acceptors (Lipinski definition) is 7. The maximum absolute atomic E-state index is 12.1. The van der Waals surface area contributed by atoms with Crippen LogP contribution >= 0.6 is 0 Å². The van der Waals surface area contributed by atoms with Crippen LogP contribution in [0.1, 0.15) is 25.0 Å². The van der Waals surface area contributed by atoms with E-state index in [0.717, 1.165) is 0 Å². The summed E-state index contributed by atoms with van der Waals surface area (Å²) in [5.41, 5.74) is 1.13. The van der Waals surface area contributed by atoms with E-state index >= 15 is 0 Å². The Labute approximate surface area is 154 Å². The zero-order valence-electron chi connectivity index (χ0n) is 14.6. The van der Waals surface area contributed by atoms with E-state index in [4.69, 9.17) is 14.2 Å². The number of hydrogen-bond donors (Lipinski definition) is 0. The van der Waals surface area contributed by atoms with Gasteiger partial charge < -0.3 is 14.2 Å². The summed E-state index contributed by atoms with van der Waals surface area (Å²) in [5.74, 6) is -1.15. The summed E-state index contributed by atoms with van der Waals surface area (Å²) in [6, 6.07) is 13.4. The Morgan fingerprint density at radius 2 is 1.70 bits per heavy atom. The molecule has 0 N–H and O–H groups in total. The zero-order valence-corrected chi connectivity index (χ0v) is 14.6. The second kappa shape index (κ2) is 7.65. The predicted octanol–water partition coefficient (Wildman–Crippen LogP) is 2.88. The van der Waals surface area contributed by atoms with Gasteiger partial charge >= 0.3 is 17.9 Å². The number of aliphatic imine (C=N–C) groups is 1. The molecule has 1 heterocycles. The van der Waals surface area contributed by atoms with Gasteiger partial charge in [-0.15, -0.1) is 0 Å². The lowest BCUT2D eigenvalue weighted by Crippen LogP contribution is -2.06. The van der Waals surface area contributed by atoms with Crippen LogP contribution in [0, 0.1) is 0 Å². The monoisotopic (exact) mass is 365 g/mol. The molecule has 0 atom stereocenters. The maximum Gasteiger partial charge on any atom is 0.363 e. The third-order valence-corrected chi connectivity index (χ3v) is 3.43. The van der Waals surface area contributed by atoms with Crippen molar-refractivity contribution in [3.8, 4) is 11.5 Å². The smallest absolute Gasteiger partial charge is 0.363 e. The van der Waals surface area contributed by atoms with Crippen LogP contribution in [0.25, 0.3) is 6.08 Å². The van der Waals surface area contributed by atoms with Crippen molar-refractivity contribution in [1.29, 1.82) is 0 Å². The number of cyclic esters (lactones) is 1. The van der Waals surface area contributed by atoms with Crippen molar-refractivity contribution in [2.45, 2.75) is 13.8 Å². The zero-order chi connectivity index (χ0) is 19.4. The molecule has 2 aromatic rings. The van der Waals surface area contributed by atoms with Crippen LogP contribution in [0.2, 0.25) is 0 Å². The number of carbonyl (C=O) groups is 3. The van der Waals surface area contributed by atoms with E-state index in [9.17, 15) is 14.4 Å². The van der Waals surface area contributed by atoms with E-state index < -0.39 is 17.9 Å². The third-order valence-electron chi connectivity index (χ3n) is 3.43. The highest BCUT2D eigenvalue weighted by atomic mass is 16.6. The van der Waals surface area contributed by atoms with Crippen LogP contribution in [-0.2, 0) is 19.1 Å². The van der Waals surface area contributed by atoms with E-state index in [-0.39, 0.29) is 23.1 Å². The number of carbonyl (C=O) groups excluding carboxylic acids is 3. The van der Waals surface area contributed by atoms with Gasteiger partial charge in [-0.25, -0.2) is 9.79 Å². The minimum absolute atomic E-state index is 0.0579. The van der Waals surface area contributed by atoms with Crippen molar-refractivity contribution in [2.24, 2.45) is 4.99 Å². The van der Waals surface area contributed by atoms with Gasteiger partial charge in [0.05, 0.1) is 0 Å². The molecule has 0 radical (unpaired) electrons. The summed E-state index contributed by atoms with van der Waals surface area (Å²) < 4.78 is 15.3. The normalized spacial score (nSPS) is 14.5. The summed E-state index contributed by atoms with van der Waals surface area (Å²) in [5, 5.41) is 0. The van der Waals surface area contributed by atoms with E-state index in [0.29, 0.717) is 11.1 Å². The van der Waals surface area contributed by atoms with Gasteiger partial charge in [0.25, 0.3) is 0 Å². The molecule has 7 heteroatoms. The highest BCUT2D eigenvalue weighted by Crippen LogP contribution is 2.29. The summed E-state index contributed by atoms with van der Waals surface area (Å²) in [6.45, 7) is 2.50. The van der Waals surface area contributed by atoms with Gasteiger partial charge in [-0.1, -0.05) is 18.2 Å². The Balaban J connectivity index is 1.97. The molecule has 0 spiro atoms. The third kappa shape index (κ3) is 4.46. The predicted molar refractivity (Wildman–Crippen MR) is 96.1 cm³/mol. The molecular weight excluding hydrogens is 350 g/mol. The first-order valence-corrected chi connectivity index (χ1v) is 8.01. The molecule has 0 aliphatic carbocycles. The molecule has 1 aliphatic heterocycles. The molecule has 27 heavy (non-hydrogen) atoms. The number of ether oxygens (including phenoxy) is 3. The van der Waals surface area contributed by atoms with Crippen LogP contribution in [0.5, 0.6) is 11.5 Å². The SMILES string of the molecule is CC(=O)Oc1ccc(C=C2N=C(c3ccccc3)OC2=O)c(OC(C)=O)c1. The summed E-state index contributed by atoms with van der Waals surface area (Å²) in [4.78, 5) is 38.8. The number of benzene rings is 2. The number of rotatable bonds is 4. The van der Waals surface area contributed by atoms with Crippen LogP contribution < -0.4 is 9.47 Å². The van der Waals surface area contributed by atoms with Crippen LogP contribution in [0.3, 0.4) is 0 Å². The number of nitrogens with zero attached hydrogens (tertiary/aromatic N) is 1. The molecule has 2 aromatic carbocycles. The second-order valence-electron chi connectivity index (χ2n) is 5.59. The Bertz CT molecular complexity index is 975. The molecular formula is C20H15NO6. The molecule has 0 fully saturated rings. The average Bonchev–Trinajstić information content (AvgIpc) is 2.98. The second-order valence-corrected chi connectivity index (χ2v) is 5.59. The quantitative estimate of drug-likeness (QED) is 0.470. The van der Waals surface area contributed by atoms with E-state index in [1.807, 2.05) is 6.07 Å². The van der Waals surface area contributed by atoms with Gasteiger partial charge in [0.2, 0.25) is 5.90 Å². The largest absolute Gasteiger partial charge is 0.427 e. The van der Waals surface area contributed by atoms with Crippen molar-refractivity contribution in [2.75, 3.05) is 0 Å². The van der Waals surface area contributed by atoms with Crippen molar-refractivity contribution in [3.63, 3.8) is 0 Å². The van der Waals surface area contributed by atoms with Crippen LogP contribution in [0.4, 0.5) is 0 Å². The minimum Gasteiger partial charge on any atom is -0.427 e. The molecule has 0 aromatic heterocycles. The molecule has 7 nitrogen and oxygen atoms in total. The van der Waals surface area contributed by atoms with E-state index in [2.05, 4.69) is 4.99 Å². The molecule has 136 valence electrons. The Morgan fingerprint density at radius 3 is 2.37 bits per heavy atom. The fraction of sp³-hybridized carbons (Fsp3) is 0.100. The lowest BCUT2D eigenvalue weighted by atomic mass is 10.1. The molecule has 1 aliphatic rings. The molecule has 0 saturated carbocycles. The highest BCUT2D eigenvalue weighted by molar-refractivity contribution is 6.13. The first-order chi connectivity index (χ1) is 12.9. The Hall–Kier alpha value is -3.74. The lowest BCUT2D eigenvalue weighted by Gasteiger charge is -2.08. The molecule has 0 amide bonds. The maximum atomic E-state index is 12.1.